The van der Waals surface area contributed by atoms with Crippen LogP contribution in [0.2, 0.25) is 0 Å². The zero-order valence-electron chi connectivity index (χ0n) is 20.7. The van der Waals surface area contributed by atoms with Crippen LogP contribution in [0.5, 0.6) is 5.75 Å². The van der Waals surface area contributed by atoms with E-state index in [4.69, 9.17) is 14.5 Å². The lowest BCUT2D eigenvalue weighted by Gasteiger charge is -2.18. The lowest BCUT2D eigenvalue weighted by atomic mass is 10.2. The largest absolute Gasteiger partial charge is 0.478 e. The maximum atomic E-state index is 13.4. The predicted octanol–water partition coefficient (Wildman–Crippen LogP) is 4.34. The fraction of sp³-hybridized carbons (Fsp3) is 0.214. The molecule has 0 saturated heterocycles. The number of hydrogen-bond acceptors (Lipinski definition) is 7. The molecule has 1 heterocycles. The van der Waals surface area contributed by atoms with Crippen LogP contribution >= 0.6 is 0 Å². The van der Waals surface area contributed by atoms with Crippen LogP contribution < -0.4 is 15.2 Å². The van der Waals surface area contributed by atoms with E-state index in [0.717, 1.165) is 11.3 Å². The third-order valence-corrected chi connectivity index (χ3v) is 5.53. The van der Waals surface area contributed by atoms with Gasteiger partial charge in [0, 0.05) is 37.0 Å². The molecule has 0 aliphatic carbocycles. The van der Waals surface area contributed by atoms with Gasteiger partial charge in [-0.15, -0.1) is 0 Å². The Kier molecular flexibility index (Phi) is 7.44. The average molecular weight is 485 g/mol. The van der Waals surface area contributed by atoms with E-state index in [0.29, 0.717) is 28.0 Å². The molecule has 3 aromatic carbocycles. The van der Waals surface area contributed by atoms with E-state index in [2.05, 4.69) is 5.10 Å². The highest BCUT2D eigenvalue weighted by atomic mass is 16.6. The van der Waals surface area contributed by atoms with Crippen molar-refractivity contribution in [2.45, 2.75) is 20.0 Å². The number of anilines is 1. The van der Waals surface area contributed by atoms with Gasteiger partial charge in [0.05, 0.1) is 23.7 Å². The van der Waals surface area contributed by atoms with Crippen molar-refractivity contribution in [2.24, 2.45) is 5.10 Å². The van der Waals surface area contributed by atoms with Crippen molar-refractivity contribution in [1.82, 2.24) is 9.66 Å². The molecule has 1 aromatic heterocycles. The summed E-state index contributed by atoms with van der Waals surface area (Å²) >= 11 is 0. The zero-order valence-corrected chi connectivity index (χ0v) is 20.7. The van der Waals surface area contributed by atoms with Crippen LogP contribution in [-0.4, -0.2) is 48.7 Å². The fourth-order valence-electron chi connectivity index (χ4n) is 3.63. The first kappa shape index (κ1) is 24.7. The highest BCUT2D eigenvalue weighted by Crippen LogP contribution is 2.26. The number of rotatable bonds is 8. The van der Waals surface area contributed by atoms with Gasteiger partial charge >= 0.3 is 5.97 Å². The molecule has 0 radical (unpaired) electrons. The van der Waals surface area contributed by atoms with Gasteiger partial charge in [-0.2, -0.15) is 9.78 Å². The first-order valence-electron chi connectivity index (χ1n) is 11.6. The van der Waals surface area contributed by atoms with Gasteiger partial charge in [0.15, 0.2) is 11.9 Å². The number of ether oxygens (including phenoxy) is 2. The first-order valence-corrected chi connectivity index (χ1v) is 11.6. The van der Waals surface area contributed by atoms with Crippen LogP contribution in [-0.2, 0) is 9.53 Å². The number of esters is 1. The highest BCUT2D eigenvalue weighted by Gasteiger charge is 2.18. The Balaban J connectivity index is 1.82. The Morgan fingerprint density at radius 3 is 2.53 bits per heavy atom. The molecule has 0 fully saturated rings. The van der Waals surface area contributed by atoms with Gasteiger partial charge < -0.3 is 14.4 Å². The van der Waals surface area contributed by atoms with E-state index in [1.165, 1.54) is 10.9 Å². The van der Waals surface area contributed by atoms with Crippen LogP contribution in [0.1, 0.15) is 19.4 Å². The van der Waals surface area contributed by atoms with E-state index in [9.17, 15) is 9.59 Å². The van der Waals surface area contributed by atoms with Gasteiger partial charge in [0.25, 0.3) is 5.56 Å². The second kappa shape index (κ2) is 10.9. The van der Waals surface area contributed by atoms with Crippen molar-refractivity contribution in [3.63, 3.8) is 0 Å². The van der Waals surface area contributed by atoms with Crippen molar-refractivity contribution in [3.8, 4) is 17.1 Å². The minimum absolute atomic E-state index is 0.263. The van der Waals surface area contributed by atoms with Crippen LogP contribution in [0.25, 0.3) is 22.3 Å². The van der Waals surface area contributed by atoms with Gasteiger partial charge in [-0.25, -0.2) is 9.78 Å². The summed E-state index contributed by atoms with van der Waals surface area (Å²) in [5, 5.41) is 5.00. The summed E-state index contributed by atoms with van der Waals surface area (Å²) < 4.78 is 12.3. The molecule has 0 aliphatic heterocycles. The lowest BCUT2D eigenvalue weighted by Crippen LogP contribution is -2.26. The molecule has 184 valence electrons. The Bertz CT molecular complexity index is 1460. The predicted molar refractivity (Wildman–Crippen MR) is 142 cm³/mol. The number of para-hydroxylation sites is 1. The molecular weight excluding hydrogens is 456 g/mol. The van der Waals surface area contributed by atoms with Gasteiger partial charge in [-0.3, -0.25) is 4.79 Å². The van der Waals surface area contributed by atoms with Crippen molar-refractivity contribution in [1.29, 1.82) is 0 Å². The van der Waals surface area contributed by atoms with Gasteiger partial charge in [0.1, 0.15) is 5.75 Å². The summed E-state index contributed by atoms with van der Waals surface area (Å²) in [7, 11) is 3.82. The molecule has 0 bridgehead atoms. The smallest absolute Gasteiger partial charge is 0.347 e. The van der Waals surface area contributed by atoms with Crippen LogP contribution in [0.4, 0.5) is 5.69 Å². The van der Waals surface area contributed by atoms with Gasteiger partial charge in [-0.1, -0.05) is 42.5 Å². The number of carbonyl (C=O) groups excluding carboxylic acids is 1. The van der Waals surface area contributed by atoms with Crippen molar-refractivity contribution >= 4 is 28.8 Å². The quantitative estimate of drug-likeness (QED) is 0.273. The number of carbonyl (C=O) groups is 1. The van der Waals surface area contributed by atoms with Crippen molar-refractivity contribution < 1.29 is 14.3 Å². The fourth-order valence-corrected chi connectivity index (χ4v) is 3.63. The minimum atomic E-state index is -0.820. The van der Waals surface area contributed by atoms with E-state index >= 15 is 0 Å². The second-order valence-corrected chi connectivity index (χ2v) is 8.31. The molecule has 0 spiro atoms. The molecule has 4 rings (SSSR count). The third-order valence-electron chi connectivity index (χ3n) is 5.53. The molecular formula is C28H28N4O4. The minimum Gasteiger partial charge on any atom is -0.478 e. The summed E-state index contributed by atoms with van der Waals surface area (Å²) in [6.45, 7) is 3.64. The zero-order chi connectivity index (χ0) is 25.7. The molecule has 0 N–H and O–H groups in total. The molecule has 0 amide bonds. The standard InChI is InChI=1S/C28H28N4O4/c1-5-35-28(34)19(2)36-25-17-22(31(3)4)16-15-21(25)18-29-32-26(20-11-7-6-8-12-20)30-24-14-10-9-13-23(24)27(32)33/h6-19H,5H2,1-4H3/t19-/m0/s1. The molecule has 8 heteroatoms. The normalized spacial score (nSPS) is 12.0. The van der Waals surface area contributed by atoms with Crippen molar-refractivity contribution in [3.05, 3.63) is 88.7 Å². The molecule has 4 aromatic rings. The third kappa shape index (κ3) is 5.27. The summed E-state index contributed by atoms with van der Waals surface area (Å²) in [6.07, 6.45) is 0.719. The highest BCUT2D eigenvalue weighted by molar-refractivity contribution is 5.86. The summed E-state index contributed by atoms with van der Waals surface area (Å²) in [5.74, 6) is 0.397. The summed E-state index contributed by atoms with van der Waals surface area (Å²) in [5.41, 5.74) is 2.54. The van der Waals surface area contributed by atoms with E-state index < -0.39 is 12.1 Å². The summed E-state index contributed by atoms with van der Waals surface area (Å²) in [4.78, 5) is 32.2. The monoisotopic (exact) mass is 484 g/mol. The van der Waals surface area contributed by atoms with Crippen LogP contribution in [0, 0.1) is 0 Å². The maximum absolute atomic E-state index is 13.4. The molecule has 0 aliphatic rings. The molecule has 0 saturated carbocycles. The van der Waals surface area contributed by atoms with E-state index in [1.54, 1.807) is 32.0 Å². The molecule has 0 unspecified atom stereocenters. The first-order chi connectivity index (χ1) is 17.4. The number of fused-ring (bicyclic) bond motifs is 1. The maximum Gasteiger partial charge on any atom is 0.347 e. The Morgan fingerprint density at radius 2 is 1.81 bits per heavy atom. The lowest BCUT2D eigenvalue weighted by molar-refractivity contribution is -0.150. The SMILES string of the molecule is CCOC(=O)[C@H](C)Oc1cc(N(C)C)ccc1C=Nn1c(-c2ccccc2)nc2ccccc2c1=O. The number of hydrogen-bond donors (Lipinski definition) is 0. The molecule has 8 nitrogen and oxygen atoms in total. The average Bonchev–Trinajstić information content (AvgIpc) is 2.89. The topological polar surface area (TPSA) is 86.0 Å². The molecule has 1 atom stereocenters. The molecule has 36 heavy (non-hydrogen) atoms. The van der Waals surface area contributed by atoms with E-state index in [-0.39, 0.29) is 12.2 Å². The van der Waals surface area contributed by atoms with Crippen LogP contribution in [0.15, 0.2) is 82.7 Å². The number of benzene rings is 3. The van der Waals surface area contributed by atoms with Gasteiger partial charge in [0.2, 0.25) is 0 Å². The van der Waals surface area contributed by atoms with E-state index in [1.807, 2.05) is 73.6 Å². The second-order valence-electron chi connectivity index (χ2n) is 8.31. The Hall–Kier alpha value is -4.46. The number of nitrogens with zero attached hydrogens (tertiary/aromatic N) is 4. The Morgan fingerprint density at radius 1 is 1.08 bits per heavy atom. The van der Waals surface area contributed by atoms with Crippen molar-refractivity contribution in [2.75, 3.05) is 25.6 Å². The Labute approximate surface area is 209 Å². The summed E-state index contributed by atoms with van der Waals surface area (Å²) in [6, 6.07) is 22.1. The van der Waals surface area contributed by atoms with Crippen LogP contribution in [0.3, 0.4) is 0 Å². The number of aromatic nitrogens is 2. The van der Waals surface area contributed by atoms with Gasteiger partial charge in [-0.05, 0) is 38.1 Å².